The zero-order valence-corrected chi connectivity index (χ0v) is 13.6. The number of hydrogen-bond acceptors (Lipinski definition) is 5. The summed E-state index contributed by atoms with van der Waals surface area (Å²) in [6, 6.07) is 3.65. The molecule has 0 aliphatic carbocycles. The molecule has 0 aromatic carbocycles. The van der Waals surface area contributed by atoms with E-state index in [1.165, 1.54) is 12.5 Å². The first-order valence-electron chi connectivity index (χ1n) is 6.92. The van der Waals surface area contributed by atoms with E-state index < -0.39 is 15.9 Å². The van der Waals surface area contributed by atoms with E-state index in [9.17, 15) is 13.2 Å². The Hall–Kier alpha value is -2.09. The molecule has 1 N–H and O–H groups in total. The number of aromatic nitrogens is 2. The molecule has 7 nitrogen and oxygen atoms in total. The molecule has 0 radical (unpaired) electrons. The predicted molar refractivity (Wildman–Crippen MR) is 79.7 cm³/mol. The second-order valence-corrected chi connectivity index (χ2v) is 6.92. The van der Waals surface area contributed by atoms with Crippen LogP contribution in [0.25, 0.3) is 0 Å². The number of sulfonamides is 1. The van der Waals surface area contributed by atoms with Crippen molar-refractivity contribution in [1.29, 1.82) is 0 Å². The van der Waals surface area contributed by atoms with Gasteiger partial charge in [-0.15, -0.1) is 0 Å². The second-order valence-electron chi connectivity index (χ2n) is 5.29. The van der Waals surface area contributed by atoms with Gasteiger partial charge in [0.1, 0.15) is 11.5 Å². The fraction of sp³-hybridized carbons (Fsp3) is 0.429. The summed E-state index contributed by atoms with van der Waals surface area (Å²) < 4.78 is 33.1. The first kappa shape index (κ1) is 16.3. The molecule has 2 rings (SSSR count). The van der Waals surface area contributed by atoms with E-state index in [0.29, 0.717) is 12.2 Å². The van der Waals surface area contributed by atoms with Crippen LogP contribution in [0.2, 0.25) is 0 Å². The lowest BCUT2D eigenvalue weighted by Gasteiger charge is -2.05. The average molecular weight is 325 g/mol. The van der Waals surface area contributed by atoms with Crippen molar-refractivity contribution in [3.63, 3.8) is 0 Å². The van der Waals surface area contributed by atoms with Crippen molar-refractivity contribution in [3.8, 4) is 0 Å². The minimum Gasteiger partial charge on any atom is -0.466 e. The lowest BCUT2D eigenvalue weighted by atomic mass is 10.2. The van der Waals surface area contributed by atoms with Crippen LogP contribution in [0.4, 0.5) is 0 Å². The molecular formula is C14H19N3O4S. The predicted octanol–water partition coefficient (Wildman–Crippen LogP) is 1.80. The highest BCUT2D eigenvalue weighted by Crippen LogP contribution is 2.11. The summed E-state index contributed by atoms with van der Waals surface area (Å²) in [5.41, 5.74) is 0. The third-order valence-corrected chi connectivity index (χ3v) is 4.35. The molecule has 2 aromatic heterocycles. The van der Waals surface area contributed by atoms with E-state index >= 15 is 0 Å². The Morgan fingerprint density at radius 2 is 2.14 bits per heavy atom. The summed E-state index contributed by atoms with van der Waals surface area (Å²) in [4.78, 5) is 15.6. The van der Waals surface area contributed by atoms with Gasteiger partial charge in [-0.3, -0.25) is 4.79 Å². The lowest BCUT2D eigenvalue weighted by Crippen LogP contribution is -2.31. The van der Waals surface area contributed by atoms with Gasteiger partial charge in [0.15, 0.2) is 5.03 Å². The van der Waals surface area contributed by atoms with E-state index in [4.69, 9.17) is 4.42 Å². The zero-order chi connectivity index (χ0) is 16.3. The summed E-state index contributed by atoms with van der Waals surface area (Å²) >= 11 is 0. The number of nitrogens with one attached hydrogen (secondary N) is 1. The van der Waals surface area contributed by atoms with Crippen LogP contribution in [0.1, 0.15) is 37.8 Å². The van der Waals surface area contributed by atoms with Gasteiger partial charge in [-0.1, -0.05) is 0 Å². The second kappa shape index (κ2) is 6.35. The maximum Gasteiger partial charge on any atom is 0.283 e. The molecule has 2 heterocycles. The van der Waals surface area contributed by atoms with Crippen LogP contribution in [0.5, 0.6) is 0 Å². The fourth-order valence-electron chi connectivity index (χ4n) is 1.85. The van der Waals surface area contributed by atoms with Crippen molar-refractivity contribution in [3.05, 3.63) is 36.2 Å². The van der Waals surface area contributed by atoms with E-state index in [1.807, 2.05) is 18.6 Å². The number of hydrogen-bond donors (Lipinski definition) is 1. The lowest BCUT2D eigenvalue weighted by molar-refractivity contribution is -0.119. The summed E-state index contributed by atoms with van der Waals surface area (Å²) in [6.07, 6.45) is 3.19. The third kappa shape index (κ3) is 3.97. The molecule has 0 saturated carbocycles. The average Bonchev–Trinajstić information content (AvgIpc) is 3.04. The van der Waals surface area contributed by atoms with E-state index in [-0.39, 0.29) is 17.5 Å². The fourth-order valence-corrected chi connectivity index (χ4v) is 2.80. The van der Waals surface area contributed by atoms with Gasteiger partial charge in [0.25, 0.3) is 10.0 Å². The number of carbonyl (C=O) groups is 1. The molecule has 8 heteroatoms. The first-order valence-corrected chi connectivity index (χ1v) is 8.40. The number of imidazole rings is 1. The molecule has 0 unspecified atom stereocenters. The largest absolute Gasteiger partial charge is 0.466 e. The van der Waals surface area contributed by atoms with Gasteiger partial charge in [-0.2, -0.15) is 8.42 Å². The molecule has 0 saturated heterocycles. The normalized spacial score (nSPS) is 11.8. The van der Waals surface area contributed by atoms with Crippen molar-refractivity contribution < 1.29 is 17.6 Å². The maximum absolute atomic E-state index is 12.1. The van der Waals surface area contributed by atoms with Crippen LogP contribution in [0, 0.1) is 6.92 Å². The van der Waals surface area contributed by atoms with Crippen LogP contribution in [0.15, 0.2) is 34.1 Å². The van der Waals surface area contributed by atoms with Gasteiger partial charge in [0.05, 0.1) is 6.33 Å². The number of rotatable bonds is 6. The van der Waals surface area contributed by atoms with Crippen molar-refractivity contribution >= 4 is 15.9 Å². The Kier molecular flexibility index (Phi) is 4.70. The number of amides is 1. The number of aryl methyl sites for hydroxylation is 2. The topological polar surface area (TPSA) is 94.2 Å². The van der Waals surface area contributed by atoms with E-state index in [2.05, 4.69) is 4.98 Å². The van der Waals surface area contributed by atoms with Gasteiger partial charge in [0, 0.05) is 25.1 Å². The minimum absolute atomic E-state index is 0.0249. The van der Waals surface area contributed by atoms with E-state index in [0.717, 1.165) is 5.76 Å². The van der Waals surface area contributed by atoms with Crippen LogP contribution >= 0.6 is 0 Å². The van der Waals surface area contributed by atoms with Gasteiger partial charge < -0.3 is 8.98 Å². The Labute approximate surface area is 129 Å². The standard InChI is InChI=1S/C14H19N3O4S/c1-10(2)17-8-14(15-9-17)22(19,20)16-13(18)7-6-12-5-4-11(3)21-12/h4-5,8-10H,6-7H2,1-3H3,(H,16,18). The van der Waals surface area contributed by atoms with Crippen molar-refractivity contribution in [1.82, 2.24) is 14.3 Å². The summed E-state index contributed by atoms with van der Waals surface area (Å²) in [7, 11) is -3.93. The summed E-state index contributed by atoms with van der Waals surface area (Å²) in [6.45, 7) is 5.61. The smallest absolute Gasteiger partial charge is 0.283 e. The molecule has 0 fully saturated rings. The van der Waals surface area contributed by atoms with Gasteiger partial charge >= 0.3 is 0 Å². The van der Waals surface area contributed by atoms with Crippen LogP contribution < -0.4 is 4.72 Å². The highest BCUT2D eigenvalue weighted by Gasteiger charge is 2.21. The molecule has 120 valence electrons. The number of nitrogens with zero attached hydrogens (tertiary/aromatic N) is 2. The molecular weight excluding hydrogens is 306 g/mol. The van der Waals surface area contributed by atoms with Gasteiger partial charge in [-0.05, 0) is 32.9 Å². The molecule has 0 aliphatic heterocycles. The zero-order valence-electron chi connectivity index (χ0n) is 12.7. The Bertz CT molecular complexity index is 759. The molecule has 0 atom stereocenters. The third-order valence-electron chi connectivity index (χ3n) is 3.09. The van der Waals surface area contributed by atoms with Crippen molar-refractivity contribution in [2.24, 2.45) is 0 Å². The number of furan rings is 1. The molecule has 0 spiro atoms. The summed E-state index contributed by atoms with van der Waals surface area (Å²) in [5.74, 6) is 0.810. The highest BCUT2D eigenvalue weighted by atomic mass is 32.2. The number of carbonyl (C=O) groups excluding carboxylic acids is 1. The first-order chi connectivity index (χ1) is 10.3. The molecule has 1 amide bonds. The van der Waals surface area contributed by atoms with Crippen LogP contribution in [-0.2, 0) is 21.2 Å². The monoisotopic (exact) mass is 325 g/mol. The van der Waals surface area contributed by atoms with Crippen molar-refractivity contribution in [2.45, 2.75) is 44.7 Å². The van der Waals surface area contributed by atoms with E-state index in [1.54, 1.807) is 23.6 Å². The maximum atomic E-state index is 12.1. The highest BCUT2D eigenvalue weighted by molar-refractivity contribution is 7.90. The van der Waals surface area contributed by atoms with Gasteiger partial charge in [-0.25, -0.2) is 9.71 Å². The van der Waals surface area contributed by atoms with Crippen molar-refractivity contribution in [2.75, 3.05) is 0 Å². The molecule has 0 bridgehead atoms. The molecule has 2 aromatic rings. The summed E-state index contributed by atoms with van der Waals surface area (Å²) in [5, 5.41) is -0.164. The van der Waals surface area contributed by atoms with Gasteiger partial charge in [0.2, 0.25) is 5.91 Å². The Balaban J connectivity index is 1.96. The molecule has 0 aliphatic rings. The minimum atomic E-state index is -3.93. The molecule has 22 heavy (non-hydrogen) atoms. The SMILES string of the molecule is Cc1ccc(CCC(=O)NS(=O)(=O)c2cn(C(C)C)cn2)o1. The van der Waals surface area contributed by atoms with Crippen LogP contribution in [0.3, 0.4) is 0 Å². The Morgan fingerprint density at radius 3 is 2.68 bits per heavy atom. The quantitative estimate of drug-likeness (QED) is 0.874. The van der Waals surface area contributed by atoms with Crippen LogP contribution in [-0.4, -0.2) is 23.9 Å². The Morgan fingerprint density at radius 1 is 1.41 bits per heavy atom.